The molecule has 0 fully saturated rings. The lowest BCUT2D eigenvalue weighted by molar-refractivity contribution is -0.132. The van der Waals surface area contributed by atoms with Crippen LogP contribution in [0.4, 0.5) is 10.3 Å². The van der Waals surface area contributed by atoms with Crippen molar-refractivity contribution in [3.05, 3.63) is 53.2 Å². The van der Waals surface area contributed by atoms with E-state index >= 15 is 0 Å². The molecule has 0 aliphatic carbocycles. The van der Waals surface area contributed by atoms with Crippen LogP contribution in [-0.2, 0) is 17.8 Å². The fourth-order valence-corrected chi connectivity index (χ4v) is 4.95. The van der Waals surface area contributed by atoms with Crippen LogP contribution in [-0.4, -0.2) is 74.6 Å². The van der Waals surface area contributed by atoms with Crippen molar-refractivity contribution in [2.45, 2.75) is 39.7 Å². The number of nitrogens with one attached hydrogen (secondary N) is 1. The average Bonchev–Trinajstić information content (AvgIpc) is 3.51. The molecule has 5 rings (SSSR count). The van der Waals surface area contributed by atoms with Crippen LogP contribution >= 0.6 is 0 Å². The first-order valence-electron chi connectivity index (χ1n) is 12.6. The molecule has 0 spiro atoms. The topological polar surface area (TPSA) is 87.9 Å². The van der Waals surface area contributed by atoms with Crippen molar-refractivity contribution in [2.24, 2.45) is 0 Å². The summed E-state index contributed by atoms with van der Waals surface area (Å²) >= 11 is 0. The fraction of sp³-hybridized carbons (Fsp3) is 0.462. The predicted molar refractivity (Wildman–Crippen MR) is 135 cm³/mol. The number of carbonyl (C=O) groups excluding carboxylic acids is 1. The quantitative estimate of drug-likeness (QED) is 0.516. The van der Waals surface area contributed by atoms with Gasteiger partial charge >= 0.3 is 0 Å². The smallest absolute Gasteiger partial charge is 0.236 e. The van der Waals surface area contributed by atoms with Crippen molar-refractivity contribution in [1.29, 1.82) is 0 Å². The normalized spacial score (nSPS) is 15.6. The minimum absolute atomic E-state index is 0.170. The van der Waals surface area contributed by atoms with Gasteiger partial charge in [-0.2, -0.15) is 0 Å². The molecule has 4 heterocycles. The number of benzene rings is 1. The number of rotatable bonds is 8. The monoisotopic (exact) mass is 493 g/mol. The summed E-state index contributed by atoms with van der Waals surface area (Å²) in [6.07, 6.45) is 7.77. The largest absolute Gasteiger partial charge is 0.493 e. The standard InChI is InChI=1S/C26H32FN7O2/c1-3-32(4-2)16-24(35)33-11-5-6-18(9-12-33)20-14-28-26(34-17-30-31-25(20)34)29-15-21-19-10-13-36-23(19)8-7-22(21)27/h6-8,14,17H,3-5,9-13,15-16H2,1-2H3,(H,28,29). The molecule has 3 aromatic rings. The molecular weight excluding hydrogens is 461 g/mol. The van der Waals surface area contributed by atoms with Crippen molar-refractivity contribution in [3.8, 4) is 5.75 Å². The molecule has 0 atom stereocenters. The minimum atomic E-state index is -0.257. The number of anilines is 1. The van der Waals surface area contributed by atoms with E-state index in [9.17, 15) is 9.18 Å². The van der Waals surface area contributed by atoms with Gasteiger partial charge in [0.2, 0.25) is 11.9 Å². The number of amides is 1. The van der Waals surface area contributed by atoms with Gasteiger partial charge in [-0.1, -0.05) is 19.9 Å². The summed E-state index contributed by atoms with van der Waals surface area (Å²) in [5.74, 6) is 1.20. The maximum absolute atomic E-state index is 14.6. The second kappa shape index (κ2) is 10.6. The molecule has 0 unspecified atom stereocenters. The summed E-state index contributed by atoms with van der Waals surface area (Å²) in [5, 5.41) is 11.7. The van der Waals surface area contributed by atoms with Crippen LogP contribution in [0.5, 0.6) is 5.75 Å². The summed E-state index contributed by atoms with van der Waals surface area (Å²) in [6, 6.07) is 3.13. The van der Waals surface area contributed by atoms with Gasteiger partial charge in [0.15, 0.2) is 5.65 Å². The van der Waals surface area contributed by atoms with Gasteiger partial charge in [0.25, 0.3) is 0 Å². The molecule has 2 aromatic heterocycles. The lowest BCUT2D eigenvalue weighted by atomic mass is 10.0. The number of carbonyl (C=O) groups is 1. The third kappa shape index (κ3) is 4.77. The number of halogens is 1. The van der Waals surface area contributed by atoms with Crippen molar-refractivity contribution in [2.75, 3.05) is 44.6 Å². The van der Waals surface area contributed by atoms with E-state index in [1.54, 1.807) is 23.0 Å². The van der Waals surface area contributed by atoms with Gasteiger partial charge in [-0.25, -0.2) is 9.37 Å². The zero-order valence-electron chi connectivity index (χ0n) is 20.8. The average molecular weight is 494 g/mol. The Balaban J connectivity index is 1.31. The van der Waals surface area contributed by atoms with Crippen molar-refractivity contribution in [1.82, 2.24) is 29.4 Å². The van der Waals surface area contributed by atoms with E-state index in [-0.39, 0.29) is 18.3 Å². The SMILES string of the molecule is CCN(CC)CC(=O)N1CCC=C(c2cnc(NCc3c(F)ccc4c3CCO4)n3cnnc23)CC1. The Morgan fingerprint density at radius 1 is 1.22 bits per heavy atom. The number of nitrogens with zero attached hydrogens (tertiary/aromatic N) is 6. The number of aromatic nitrogens is 4. The molecule has 1 amide bonds. The number of ether oxygens (including phenoxy) is 1. The minimum Gasteiger partial charge on any atom is -0.493 e. The van der Waals surface area contributed by atoms with Crippen LogP contribution < -0.4 is 10.1 Å². The molecule has 0 saturated carbocycles. The van der Waals surface area contributed by atoms with E-state index in [0.717, 1.165) is 48.4 Å². The first kappa shape index (κ1) is 24.2. The van der Waals surface area contributed by atoms with Crippen molar-refractivity contribution in [3.63, 3.8) is 0 Å². The molecular formula is C26H32FN7O2. The van der Waals surface area contributed by atoms with Gasteiger partial charge in [-0.15, -0.1) is 10.2 Å². The number of hydrogen-bond donors (Lipinski definition) is 1. The van der Waals surface area contributed by atoms with E-state index in [1.165, 1.54) is 6.07 Å². The molecule has 10 heteroatoms. The van der Waals surface area contributed by atoms with E-state index in [2.05, 4.69) is 45.3 Å². The Bertz CT molecular complexity index is 1280. The first-order chi connectivity index (χ1) is 17.6. The van der Waals surface area contributed by atoms with Gasteiger partial charge < -0.3 is 15.0 Å². The number of hydrogen-bond acceptors (Lipinski definition) is 7. The highest BCUT2D eigenvalue weighted by Crippen LogP contribution is 2.31. The third-order valence-corrected chi connectivity index (χ3v) is 7.09. The predicted octanol–water partition coefficient (Wildman–Crippen LogP) is 3.16. The van der Waals surface area contributed by atoms with E-state index in [1.807, 2.05) is 4.90 Å². The van der Waals surface area contributed by atoms with Crippen molar-refractivity contribution >= 4 is 23.1 Å². The Kier molecular flexibility index (Phi) is 7.13. The summed E-state index contributed by atoms with van der Waals surface area (Å²) in [4.78, 5) is 21.5. The number of likely N-dealkylation sites (N-methyl/N-ethyl adjacent to an activating group) is 1. The molecule has 1 N–H and O–H groups in total. The molecule has 1 aromatic carbocycles. The lowest BCUT2D eigenvalue weighted by Crippen LogP contribution is -2.40. The molecule has 36 heavy (non-hydrogen) atoms. The summed E-state index contributed by atoms with van der Waals surface area (Å²) < 4.78 is 21.9. The lowest BCUT2D eigenvalue weighted by Gasteiger charge is -2.25. The highest BCUT2D eigenvalue weighted by atomic mass is 19.1. The maximum Gasteiger partial charge on any atom is 0.236 e. The Morgan fingerprint density at radius 3 is 2.92 bits per heavy atom. The second-order valence-electron chi connectivity index (χ2n) is 9.08. The fourth-order valence-electron chi connectivity index (χ4n) is 4.95. The Morgan fingerprint density at radius 2 is 2.08 bits per heavy atom. The van der Waals surface area contributed by atoms with Crippen molar-refractivity contribution < 1.29 is 13.9 Å². The molecule has 2 aliphatic heterocycles. The summed E-state index contributed by atoms with van der Waals surface area (Å²) in [7, 11) is 0. The van der Waals surface area contributed by atoms with Crippen LogP contribution in [0.3, 0.4) is 0 Å². The van der Waals surface area contributed by atoms with Gasteiger partial charge in [0, 0.05) is 48.9 Å². The van der Waals surface area contributed by atoms with Gasteiger partial charge in [-0.05, 0) is 43.6 Å². The first-order valence-corrected chi connectivity index (χ1v) is 12.6. The second-order valence-corrected chi connectivity index (χ2v) is 9.08. The van der Waals surface area contributed by atoms with Gasteiger partial charge in [0.05, 0.1) is 13.2 Å². The van der Waals surface area contributed by atoms with Gasteiger partial charge in [0.1, 0.15) is 17.9 Å². The van der Waals surface area contributed by atoms with E-state index < -0.39 is 0 Å². The van der Waals surface area contributed by atoms with E-state index in [0.29, 0.717) is 49.8 Å². The zero-order chi connectivity index (χ0) is 25.1. The summed E-state index contributed by atoms with van der Waals surface area (Å²) in [6.45, 7) is 8.55. The molecule has 2 aliphatic rings. The molecule has 0 bridgehead atoms. The Labute approximate surface area is 210 Å². The van der Waals surface area contributed by atoms with Crippen LogP contribution in [0.2, 0.25) is 0 Å². The summed E-state index contributed by atoms with van der Waals surface area (Å²) in [5.41, 5.74) is 4.19. The van der Waals surface area contributed by atoms with E-state index in [4.69, 9.17) is 4.74 Å². The highest BCUT2D eigenvalue weighted by Gasteiger charge is 2.22. The molecule has 0 radical (unpaired) electrons. The maximum atomic E-state index is 14.6. The molecule has 190 valence electrons. The highest BCUT2D eigenvalue weighted by molar-refractivity contribution is 5.80. The molecule has 9 nitrogen and oxygen atoms in total. The van der Waals surface area contributed by atoms with Crippen LogP contribution in [0.1, 0.15) is 43.4 Å². The van der Waals surface area contributed by atoms with Crippen LogP contribution in [0.15, 0.2) is 30.7 Å². The number of fused-ring (bicyclic) bond motifs is 2. The van der Waals surface area contributed by atoms with Crippen LogP contribution in [0, 0.1) is 5.82 Å². The third-order valence-electron chi connectivity index (χ3n) is 7.09. The van der Waals surface area contributed by atoms with Gasteiger partial charge in [-0.3, -0.25) is 14.1 Å². The zero-order valence-corrected chi connectivity index (χ0v) is 20.8. The van der Waals surface area contributed by atoms with Crippen LogP contribution in [0.25, 0.3) is 11.2 Å². The Hall–Kier alpha value is -3.53. The molecule has 0 saturated heterocycles.